The summed E-state index contributed by atoms with van der Waals surface area (Å²) in [4.78, 5) is 0. The Hall–Kier alpha value is -1.02. The first-order valence-corrected chi connectivity index (χ1v) is 6.96. The van der Waals surface area contributed by atoms with E-state index in [1.165, 1.54) is 5.56 Å². The average Bonchev–Trinajstić information content (AvgIpc) is 2.33. The van der Waals surface area contributed by atoms with Gasteiger partial charge in [-0.15, -0.1) is 0 Å². The quantitative estimate of drug-likeness (QED) is 0.800. The Morgan fingerprint density at radius 1 is 1.17 bits per heavy atom. The van der Waals surface area contributed by atoms with E-state index in [0.29, 0.717) is 6.54 Å². The van der Waals surface area contributed by atoms with Crippen molar-refractivity contribution in [3.63, 3.8) is 0 Å². The van der Waals surface area contributed by atoms with E-state index in [4.69, 9.17) is 0 Å². The smallest absolute Gasteiger partial charge is 0.0712 e. The molecule has 2 N–H and O–H groups in total. The van der Waals surface area contributed by atoms with Crippen molar-refractivity contribution in [1.82, 2.24) is 0 Å². The maximum Gasteiger partial charge on any atom is 0.0712 e. The molecule has 0 saturated carbocycles. The zero-order chi connectivity index (χ0) is 13.6. The lowest BCUT2D eigenvalue weighted by molar-refractivity contribution is 0.174. The van der Waals surface area contributed by atoms with Gasteiger partial charge in [0.1, 0.15) is 0 Å². The predicted octanol–water partition coefficient (Wildman–Crippen LogP) is 3.95. The van der Waals surface area contributed by atoms with Crippen LogP contribution in [0.1, 0.15) is 52.5 Å². The number of unbranched alkanes of at least 4 members (excludes halogenated alkanes) is 1. The summed E-state index contributed by atoms with van der Waals surface area (Å²) < 4.78 is 0. The normalized spacial score (nSPS) is 13.4. The maximum absolute atomic E-state index is 9.76. The van der Waals surface area contributed by atoms with E-state index in [9.17, 15) is 5.11 Å². The second-order valence-corrected chi connectivity index (χ2v) is 6.00. The lowest BCUT2D eigenvalue weighted by Crippen LogP contribution is -2.19. The van der Waals surface area contributed by atoms with E-state index in [2.05, 4.69) is 57.3 Å². The summed E-state index contributed by atoms with van der Waals surface area (Å²) >= 11 is 0. The Morgan fingerprint density at radius 3 is 2.28 bits per heavy atom. The fraction of sp³-hybridized carbons (Fsp3) is 0.625. The molecule has 1 rings (SSSR count). The fourth-order valence-electron chi connectivity index (χ4n) is 1.87. The Bertz CT molecular complexity index is 337. The van der Waals surface area contributed by atoms with E-state index in [1.807, 2.05) is 0 Å². The van der Waals surface area contributed by atoms with E-state index in [-0.39, 0.29) is 11.5 Å². The molecule has 0 aliphatic rings. The number of benzene rings is 1. The lowest BCUT2D eigenvalue weighted by atomic mass is 9.87. The standard InChI is InChI=1S/C16H27NO/c1-5-6-7-15(18)12-17-14-10-8-13(9-11-14)16(2,3)4/h8-11,15,17-18H,5-7,12H2,1-4H3. The lowest BCUT2D eigenvalue weighted by Gasteiger charge is -2.19. The van der Waals surface area contributed by atoms with Gasteiger partial charge in [0.05, 0.1) is 6.10 Å². The van der Waals surface area contributed by atoms with E-state index in [0.717, 1.165) is 24.9 Å². The highest BCUT2D eigenvalue weighted by Crippen LogP contribution is 2.23. The van der Waals surface area contributed by atoms with Gasteiger partial charge in [0, 0.05) is 12.2 Å². The topological polar surface area (TPSA) is 32.3 Å². The zero-order valence-corrected chi connectivity index (χ0v) is 12.2. The van der Waals surface area contributed by atoms with Crippen molar-refractivity contribution in [1.29, 1.82) is 0 Å². The van der Waals surface area contributed by atoms with Crippen molar-refractivity contribution in [2.45, 2.75) is 58.5 Å². The Morgan fingerprint density at radius 2 is 1.78 bits per heavy atom. The van der Waals surface area contributed by atoms with Crippen LogP contribution in [0, 0.1) is 0 Å². The molecule has 102 valence electrons. The van der Waals surface area contributed by atoms with Crippen LogP contribution in [0.4, 0.5) is 5.69 Å². The molecule has 0 fully saturated rings. The van der Waals surface area contributed by atoms with Gasteiger partial charge >= 0.3 is 0 Å². The van der Waals surface area contributed by atoms with Gasteiger partial charge in [-0.25, -0.2) is 0 Å². The van der Waals surface area contributed by atoms with Crippen LogP contribution in [0.15, 0.2) is 24.3 Å². The average molecular weight is 249 g/mol. The molecule has 1 atom stereocenters. The molecule has 0 heterocycles. The molecular formula is C16H27NO. The van der Waals surface area contributed by atoms with Crippen molar-refractivity contribution in [2.24, 2.45) is 0 Å². The second kappa shape index (κ2) is 6.79. The van der Waals surface area contributed by atoms with Crippen LogP contribution in [-0.2, 0) is 5.41 Å². The molecule has 1 unspecified atom stereocenters. The highest BCUT2D eigenvalue weighted by Gasteiger charge is 2.12. The van der Waals surface area contributed by atoms with Gasteiger partial charge in [-0.05, 0) is 29.5 Å². The molecular weight excluding hydrogens is 222 g/mol. The molecule has 2 nitrogen and oxygen atoms in total. The molecule has 2 heteroatoms. The van der Waals surface area contributed by atoms with Crippen LogP contribution in [0.3, 0.4) is 0 Å². The zero-order valence-electron chi connectivity index (χ0n) is 12.2. The third-order valence-electron chi connectivity index (χ3n) is 3.18. The molecule has 1 aromatic rings. The minimum Gasteiger partial charge on any atom is -0.391 e. The van der Waals surface area contributed by atoms with Crippen LogP contribution in [0.2, 0.25) is 0 Å². The first kappa shape index (κ1) is 15.0. The number of anilines is 1. The molecule has 0 aliphatic heterocycles. The van der Waals surface area contributed by atoms with Crippen LogP contribution >= 0.6 is 0 Å². The van der Waals surface area contributed by atoms with E-state index in [1.54, 1.807) is 0 Å². The summed E-state index contributed by atoms with van der Waals surface area (Å²) in [6.07, 6.45) is 2.86. The summed E-state index contributed by atoms with van der Waals surface area (Å²) in [5.74, 6) is 0. The Labute approximate surface area is 111 Å². The molecule has 0 amide bonds. The van der Waals surface area contributed by atoms with Crippen molar-refractivity contribution >= 4 is 5.69 Å². The highest BCUT2D eigenvalue weighted by molar-refractivity contribution is 5.45. The monoisotopic (exact) mass is 249 g/mol. The van der Waals surface area contributed by atoms with Crippen molar-refractivity contribution < 1.29 is 5.11 Å². The van der Waals surface area contributed by atoms with Gasteiger partial charge < -0.3 is 10.4 Å². The number of rotatable bonds is 6. The molecule has 0 bridgehead atoms. The van der Waals surface area contributed by atoms with Gasteiger partial charge in [-0.3, -0.25) is 0 Å². The number of hydrogen-bond donors (Lipinski definition) is 2. The van der Waals surface area contributed by atoms with Gasteiger partial charge in [-0.2, -0.15) is 0 Å². The fourth-order valence-corrected chi connectivity index (χ4v) is 1.87. The number of hydrogen-bond acceptors (Lipinski definition) is 2. The first-order valence-electron chi connectivity index (χ1n) is 6.96. The van der Waals surface area contributed by atoms with Crippen LogP contribution in [0.25, 0.3) is 0 Å². The summed E-state index contributed by atoms with van der Waals surface area (Å²) in [5.41, 5.74) is 2.61. The SMILES string of the molecule is CCCCC(O)CNc1ccc(C(C)(C)C)cc1. The number of aliphatic hydroxyl groups excluding tert-OH is 1. The molecule has 0 radical (unpaired) electrons. The molecule has 0 spiro atoms. The van der Waals surface area contributed by atoms with Gasteiger partial charge in [0.15, 0.2) is 0 Å². The largest absolute Gasteiger partial charge is 0.391 e. The number of aliphatic hydroxyl groups is 1. The molecule has 1 aromatic carbocycles. The summed E-state index contributed by atoms with van der Waals surface area (Å²) in [6, 6.07) is 8.49. The maximum atomic E-state index is 9.76. The highest BCUT2D eigenvalue weighted by atomic mass is 16.3. The van der Waals surface area contributed by atoms with Gasteiger partial charge in [0.25, 0.3) is 0 Å². The van der Waals surface area contributed by atoms with Crippen molar-refractivity contribution in [2.75, 3.05) is 11.9 Å². The van der Waals surface area contributed by atoms with Crippen LogP contribution in [0.5, 0.6) is 0 Å². The molecule has 0 aliphatic carbocycles. The third-order valence-corrected chi connectivity index (χ3v) is 3.18. The second-order valence-electron chi connectivity index (χ2n) is 6.00. The Kier molecular flexibility index (Phi) is 5.67. The predicted molar refractivity (Wildman–Crippen MR) is 79.2 cm³/mol. The van der Waals surface area contributed by atoms with Gasteiger partial charge in [0.2, 0.25) is 0 Å². The first-order chi connectivity index (χ1) is 8.43. The molecule has 0 aromatic heterocycles. The van der Waals surface area contributed by atoms with Crippen molar-refractivity contribution in [3.05, 3.63) is 29.8 Å². The van der Waals surface area contributed by atoms with Crippen LogP contribution in [-0.4, -0.2) is 17.8 Å². The van der Waals surface area contributed by atoms with E-state index < -0.39 is 0 Å². The minimum atomic E-state index is -0.243. The van der Waals surface area contributed by atoms with E-state index >= 15 is 0 Å². The summed E-state index contributed by atoms with van der Waals surface area (Å²) in [6.45, 7) is 9.41. The minimum absolute atomic E-state index is 0.194. The van der Waals surface area contributed by atoms with Crippen LogP contribution < -0.4 is 5.32 Å². The third kappa shape index (κ3) is 5.09. The van der Waals surface area contributed by atoms with Gasteiger partial charge in [-0.1, -0.05) is 52.7 Å². The Balaban J connectivity index is 2.44. The summed E-state index contributed by atoms with van der Waals surface area (Å²) in [5, 5.41) is 13.0. The summed E-state index contributed by atoms with van der Waals surface area (Å²) in [7, 11) is 0. The molecule has 0 saturated heterocycles. The number of nitrogens with one attached hydrogen (secondary N) is 1. The molecule has 18 heavy (non-hydrogen) atoms. The van der Waals surface area contributed by atoms with Crippen molar-refractivity contribution in [3.8, 4) is 0 Å².